The van der Waals surface area contributed by atoms with Gasteiger partial charge in [-0.15, -0.1) is 0 Å². The van der Waals surface area contributed by atoms with Crippen molar-refractivity contribution in [3.63, 3.8) is 0 Å². The SMILES string of the molecule is O=C(CBr)OC[CH]=[Fe]. The Morgan fingerprint density at radius 1 is 1.88 bits per heavy atom. The molecule has 0 N–H and O–H groups in total. The molecule has 0 aromatic carbocycles. The monoisotopic (exact) mass is 220 g/mol. The Hall–Kier alpha value is 0.339. The van der Waals surface area contributed by atoms with Crippen molar-refractivity contribution < 1.29 is 25.1 Å². The van der Waals surface area contributed by atoms with Crippen molar-refractivity contribution in [2.45, 2.75) is 0 Å². The van der Waals surface area contributed by atoms with Gasteiger partial charge in [-0.2, -0.15) is 0 Å². The van der Waals surface area contributed by atoms with E-state index in [1.807, 2.05) is 0 Å². The van der Waals surface area contributed by atoms with Crippen LogP contribution in [0.2, 0.25) is 0 Å². The van der Waals surface area contributed by atoms with Crippen LogP contribution in [0, 0.1) is 0 Å². The van der Waals surface area contributed by atoms with Crippen LogP contribution in [0.4, 0.5) is 0 Å². The predicted molar refractivity (Wildman–Crippen MR) is 30.8 cm³/mol. The van der Waals surface area contributed by atoms with Crippen LogP contribution in [-0.2, 0) is 25.1 Å². The standard InChI is InChI=1S/C4H5BrO2.Fe/c1-2-7-4(6)3-5;/h1H,2-3H2;. The number of carbonyl (C=O) groups excluding carboxylic acids is 1. The van der Waals surface area contributed by atoms with Crippen LogP contribution in [0.1, 0.15) is 0 Å². The van der Waals surface area contributed by atoms with E-state index < -0.39 is 0 Å². The average Bonchev–Trinajstić information content (AvgIpc) is 1.83. The average molecular weight is 221 g/mol. The van der Waals surface area contributed by atoms with Crippen molar-refractivity contribution in [3.8, 4) is 0 Å². The first-order chi connectivity index (χ1) is 3.81. The predicted octanol–water partition coefficient (Wildman–Crippen LogP) is 0.274. The summed E-state index contributed by atoms with van der Waals surface area (Å²) in [7, 11) is 0. The molecule has 0 bridgehead atoms. The van der Waals surface area contributed by atoms with Gasteiger partial charge in [-0.1, -0.05) is 0 Å². The van der Waals surface area contributed by atoms with E-state index >= 15 is 0 Å². The molecule has 0 saturated carbocycles. The van der Waals surface area contributed by atoms with E-state index in [4.69, 9.17) is 0 Å². The van der Waals surface area contributed by atoms with Crippen LogP contribution in [-0.4, -0.2) is 22.8 Å². The van der Waals surface area contributed by atoms with Gasteiger partial charge in [-0.3, -0.25) is 0 Å². The Morgan fingerprint density at radius 3 is 2.88 bits per heavy atom. The number of carbonyl (C=O) groups is 1. The van der Waals surface area contributed by atoms with E-state index in [-0.39, 0.29) is 11.3 Å². The van der Waals surface area contributed by atoms with Gasteiger partial charge < -0.3 is 0 Å². The third kappa shape index (κ3) is 4.50. The van der Waals surface area contributed by atoms with Gasteiger partial charge in [-0.25, -0.2) is 0 Å². The molecular formula is C4H5BrFeO2. The summed E-state index contributed by atoms with van der Waals surface area (Å²) in [5, 5.41) is 0.251. The molecule has 2 nitrogen and oxygen atoms in total. The maximum absolute atomic E-state index is 10.3. The summed E-state index contributed by atoms with van der Waals surface area (Å²) in [5.74, 6) is -0.259. The molecule has 0 heterocycles. The van der Waals surface area contributed by atoms with Crippen LogP contribution in [0.3, 0.4) is 0 Å². The Bertz CT molecular complexity index is 94.0. The summed E-state index contributed by atoms with van der Waals surface area (Å²) in [6, 6.07) is 0. The second kappa shape index (κ2) is 5.48. The zero-order chi connectivity index (χ0) is 6.41. The first-order valence-electron chi connectivity index (χ1n) is 1.93. The summed E-state index contributed by atoms with van der Waals surface area (Å²) in [6.07, 6.45) is 0. The number of ether oxygens (including phenoxy) is 1. The van der Waals surface area contributed by atoms with Crippen molar-refractivity contribution in [1.29, 1.82) is 0 Å². The Morgan fingerprint density at radius 2 is 2.50 bits per heavy atom. The molecule has 0 aromatic heterocycles. The van der Waals surface area contributed by atoms with Crippen molar-refractivity contribution >= 4 is 26.8 Å². The normalized spacial score (nSPS) is 8.25. The second-order valence-electron chi connectivity index (χ2n) is 0.961. The van der Waals surface area contributed by atoms with Gasteiger partial charge in [0.1, 0.15) is 0 Å². The molecule has 8 heavy (non-hydrogen) atoms. The summed E-state index contributed by atoms with van der Waals surface area (Å²) in [4.78, 5) is 11.8. The van der Waals surface area contributed by atoms with Crippen LogP contribution < -0.4 is 0 Å². The van der Waals surface area contributed by atoms with Gasteiger partial charge >= 0.3 is 63.9 Å². The molecule has 0 spiro atoms. The minimum atomic E-state index is -0.259. The quantitative estimate of drug-likeness (QED) is 0.388. The van der Waals surface area contributed by atoms with Gasteiger partial charge in [-0.05, 0) is 0 Å². The molecule has 0 aromatic rings. The third-order valence-electron chi connectivity index (χ3n) is 0.412. The maximum atomic E-state index is 10.3. The molecule has 0 rings (SSSR count). The molecule has 0 fully saturated rings. The topological polar surface area (TPSA) is 26.3 Å². The van der Waals surface area contributed by atoms with Crippen molar-refractivity contribution in [1.82, 2.24) is 0 Å². The number of esters is 1. The minimum absolute atomic E-state index is 0.251. The zero-order valence-electron chi connectivity index (χ0n) is 4.04. The van der Waals surface area contributed by atoms with Crippen LogP contribution in [0.5, 0.6) is 0 Å². The number of halogens is 1. The van der Waals surface area contributed by atoms with Gasteiger partial charge in [0.15, 0.2) is 0 Å². The van der Waals surface area contributed by atoms with E-state index in [2.05, 4.69) is 36.2 Å². The van der Waals surface area contributed by atoms with E-state index in [9.17, 15) is 4.79 Å². The molecule has 48 valence electrons. The van der Waals surface area contributed by atoms with Crippen LogP contribution in [0.15, 0.2) is 0 Å². The molecule has 0 unspecified atom stereocenters. The molecule has 0 atom stereocenters. The summed E-state index contributed by atoms with van der Waals surface area (Å²) in [6.45, 7) is 0.296. The fourth-order valence-corrected chi connectivity index (χ4v) is 0.415. The molecule has 0 aliphatic carbocycles. The van der Waals surface area contributed by atoms with Crippen molar-refractivity contribution in [3.05, 3.63) is 0 Å². The molecule has 0 radical (unpaired) electrons. The number of hydrogen-bond acceptors (Lipinski definition) is 2. The van der Waals surface area contributed by atoms with Gasteiger partial charge in [0.2, 0.25) is 0 Å². The van der Waals surface area contributed by atoms with Crippen LogP contribution >= 0.6 is 15.9 Å². The van der Waals surface area contributed by atoms with Crippen LogP contribution in [0.25, 0.3) is 0 Å². The van der Waals surface area contributed by atoms with Gasteiger partial charge in [0.25, 0.3) is 0 Å². The second-order valence-corrected chi connectivity index (χ2v) is 1.97. The molecule has 0 aliphatic heterocycles. The third-order valence-corrected chi connectivity index (χ3v) is 1.05. The van der Waals surface area contributed by atoms with Crippen molar-refractivity contribution in [2.24, 2.45) is 0 Å². The Kier molecular flexibility index (Phi) is 5.71. The van der Waals surface area contributed by atoms with E-state index in [0.717, 1.165) is 0 Å². The van der Waals surface area contributed by atoms with E-state index in [1.165, 1.54) is 4.92 Å². The fourth-order valence-electron chi connectivity index (χ4n) is 0.161. The molecule has 0 saturated heterocycles. The molecule has 4 heteroatoms. The molecule has 0 amide bonds. The number of alkyl halides is 1. The Labute approximate surface area is 64.1 Å². The number of rotatable bonds is 3. The van der Waals surface area contributed by atoms with E-state index in [0.29, 0.717) is 6.61 Å². The summed E-state index contributed by atoms with van der Waals surface area (Å²) < 4.78 is 4.54. The van der Waals surface area contributed by atoms with Gasteiger partial charge in [0.05, 0.1) is 0 Å². The summed E-state index contributed by atoms with van der Waals surface area (Å²) in [5.41, 5.74) is 0. The first-order valence-corrected chi connectivity index (χ1v) is 3.69. The Balaban J connectivity index is 3.11. The van der Waals surface area contributed by atoms with Gasteiger partial charge in [0, 0.05) is 0 Å². The zero-order valence-corrected chi connectivity index (χ0v) is 6.73. The number of hydrogen-bond donors (Lipinski definition) is 0. The van der Waals surface area contributed by atoms with E-state index in [1.54, 1.807) is 0 Å². The molecular weight excluding hydrogens is 216 g/mol. The van der Waals surface area contributed by atoms with Crippen molar-refractivity contribution in [2.75, 3.05) is 11.9 Å². The fraction of sp³-hybridized carbons (Fsp3) is 0.500. The first kappa shape index (κ1) is 8.34. The summed E-state index contributed by atoms with van der Waals surface area (Å²) >= 11 is 6.31. The molecule has 0 aliphatic rings.